The first-order chi connectivity index (χ1) is 6.84. The second-order valence-corrected chi connectivity index (χ2v) is 3.54. The normalized spacial score (nSPS) is 10.9. The topological polar surface area (TPSA) is 50.4 Å². The number of hydrazone groups is 1. The van der Waals surface area contributed by atoms with Crippen LogP contribution < -0.4 is 5.43 Å². The zero-order valence-corrected chi connectivity index (χ0v) is 8.41. The number of furan rings is 1. The Kier molecular flexibility index (Phi) is 2.60. The summed E-state index contributed by atoms with van der Waals surface area (Å²) >= 11 is 1.52. The first-order valence-electron chi connectivity index (χ1n) is 4.09. The van der Waals surface area contributed by atoms with Gasteiger partial charge < -0.3 is 4.42 Å². The second kappa shape index (κ2) is 4.06. The van der Waals surface area contributed by atoms with Gasteiger partial charge in [-0.15, -0.1) is 11.3 Å². The number of hydrogen-bond donors (Lipinski definition) is 1. The fourth-order valence-electron chi connectivity index (χ4n) is 0.921. The van der Waals surface area contributed by atoms with Gasteiger partial charge in [0.1, 0.15) is 5.76 Å². The smallest absolute Gasteiger partial charge is 0.203 e. The Bertz CT molecular complexity index is 419. The molecule has 0 saturated carbocycles. The number of nitrogens with zero attached hydrogens (tertiary/aromatic N) is 2. The Morgan fingerprint density at radius 2 is 2.57 bits per heavy atom. The maximum Gasteiger partial charge on any atom is 0.203 e. The lowest BCUT2D eigenvalue weighted by molar-refractivity contribution is 0.560. The molecule has 0 unspecified atom stereocenters. The summed E-state index contributed by atoms with van der Waals surface area (Å²) in [6.07, 6.45) is 3.21. The van der Waals surface area contributed by atoms with Crippen molar-refractivity contribution in [3.63, 3.8) is 0 Å². The molecule has 5 heteroatoms. The molecule has 0 bridgehead atoms. The van der Waals surface area contributed by atoms with Crippen LogP contribution in [0.2, 0.25) is 0 Å². The van der Waals surface area contributed by atoms with Crippen LogP contribution in [0.4, 0.5) is 5.13 Å². The van der Waals surface area contributed by atoms with Crippen molar-refractivity contribution in [2.24, 2.45) is 5.10 Å². The van der Waals surface area contributed by atoms with Gasteiger partial charge in [0.05, 0.1) is 18.2 Å². The highest BCUT2D eigenvalue weighted by Gasteiger charge is 1.94. The Morgan fingerprint density at radius 1 is 1.64 bits per heavy atom. The van der Waals surface area contributed by atoms with Crippen LogP contribution in [-0.4, -0.2) is 11.2 Å². The maximum atomic E-state index is 5.07. The minimum absolute atomic E-state index is 0.714. The van der Waals surface area contributed by atoms with Gasteiger partial charge in [0.25, 0.3) is 0 Å². The van der Waals surface area contributed by atoms with Crippen molar-refractivity contribution in [3.8, 4) is 0 Å². The van der Waals surface area contributed by atoms with Crippen LogP contribution in [0.25, 0.3) is 0 Å². The number of rotatable bonds is 3. The Morgan fingerprint density at radius 3 is 3.21 bits per heavy atom. The van der Waals surface area contributed by atoms with Crippen molar-refractivity contribution < 1.29 is 4.42 Å². The lowest BCUT2D eigenvalue weighted by Crippen LogP contribution is -1.88. The van der Waals surface area contributed by atoms with Crippen LogP contribution in [0.5, 0.6) is 0 Å². The SMILES string of the molecule is Cc1csc(N/N=C/c2ccco2)n1. The molecule has 2 rings (SSSR count). The Labute approximate surface area is 85.3 Å². The zero-order valence-electron chi connectivity index (χ0n) is 7.60. The average molecular weight is 207 g/mol. The van der Waals surface area contributed by atoms with Crippen molar-refractivity contribution in [3.05, 3.63) is 35.2 Å². The number of nitrogens with one attached hydrogen (secondary N) is 1. The number of aryl methyl sites for hydroxylation is 1. The van der Waals surface area contributed by atoms with Gasteiger partial charge >= 0.3 is 0 Å². The van der Waals surface area contributed by atoms with Gasteiger partial charge in [-0.1, -0.05) is 0 Å². The van der Waals surface area contributed by atoms with Crippen molar-refractivity contribution >= 4 is 22.7 Å². The van der Waals surface area contributed by atoms with Crippen LogP contribution in [0.1, 0.15) is 11.5 Å². The van der Waals surface area contributed by atoms with Crippen molar-refractivity contribution in [2.45, 2.75) is 6.92 Å². The quantitative estimate of drug-likeness (QED) is 0.621. The molecule has 72 valence electrons. The standard InChI is InChI=1S/C9H9N3OS/c1-7-6-14-9(11-7)12-10-5-8-3-2-4-13-8/h2-6H,1H3,(H,11,12)/b10-5+. The van der Waals surface area contributed by atoms with Crippen LogP contribution in [0.3, 0.4) is 0 Å². The van der Waals surface area contributed by atoms with Crippen LogP contribution in [0, 0.1) is 6.92 Å². The second-order valence-electron chi connectivity index (χ2n) is 2.68. The lowest BCUT2D eigenvalue weighted by Gasteiger charge is -1.90. The molecule has 0 radical (unpaired) electrons. The highest BCUT2D eigenvalue weighted by atomic mass is 32.1. The zero-order chi connectivity index (χ0) is 9.80. The molecule has 4 nitrogen and oxygen atoms in total. The number of hydrogen-bond acceptors (Lipinski definition) is 5. The first-order valence-corrected chi connectivity index (χ1v) is 4.97. The van der Waals surface area contributed by atoms with E-state index in [1.807, 2.05) is 24.4 Å². The third kappa shape index (κ3) is 2.20. The molecular formula is C9H9N3OS. The van der Waals surface area contributed by atoms with E-state index in [9.17, 15) is 0 Å². The van der Waals surface area contributed by atoms with E-state index in [1.165, 1.54) is 11.3 Å². The fraction of sp³-hybridized carbons (Fsp3) is 0.111. The molecule has 0 fully saturated rings. The third-order valence-electron chi connectivity index (χ3n) is 1.51. The predicted molar refractivity (Wildman–Crippen MR) is 56.8 cm³/mol. The molecule has 0 amide bonds. The summed E-state index contributed by atoms with van der Waals surface area (Å²) in [6, 6.07) is 3.65. The van der Waals surface area contributed by atoms with Crippen LogP contribution >= 0.6 is 11.3 Å². The first kappa shape index (κ1) is 8.96. The van der Waals surface area contributed by atoms with Crippen molar-refractivity contribution in [1.82, 2.24) is 4.98 Å². The third-order valence-corrected chi connectivity index (χ3v) is 2.38. The predicted octanol–water partition coefficient (Wildman–Crippen LogP) is 2.49. The lowest BCUT2D eigenvalue weighted by atomic mass is 10.5. The van der Waals surface area contributed by atoms with E-state index in [1.54, 1.807) is 12.5 Å². The number of aromatic nitrogens is 1. The van der Waals surface area contributed by atoms with E-state index in [2.05, 4.69) is 15.5 Å². The minimum atomic E-state index is 0.714. The molecule has 0 aromatic carbocycles. The van der Waals surface area contributed by atoms with E-state index in [0.717, 1.165) is 10.8 Å². The van der Waals surface area contributed by atoms with E-state index < -0.39 is 0 Å². The van der Waals surface area contributed by atoms with E-state index >= 15 is 0 Å². The molecular weight excluding hydrogens is 198 g/mol. The van der Waals surface area contributed by atoms with Crippen LogP contribution in [0.15, 0.2) is 33.3 Å². The average Bonchev–Trinajstić information content (AvgIpc) is 2.77. The van der Waals surface area contributed by atoms with Crippen molar-refractivity contribution in [1.29, 1.82) is 0 Å². The maximum absolute atomic E-state index is 5.07. The highest BCUT2D eigenvalue weighted by molar-refractivity contribution is 7.13. The molecule has 14 heavy (non-hydrogen) atoms. The summed E-state index contributed by atoms with van der Waals surface area (Å²) < 4.78 is 5.07. The summed E-state index contributed by atoms with van der Waals surface area (Å²) in [5.41, 5.74) is 3.81. The number of thiazole rings is 1. The summed E-state index contributed by atoms with van der Waals surface area (Å²) in [5, 5.41) is 6.72. The molecule has 0 aliphatic heterocycles. The summed E-state index contributed by atoms with van der Waals surface area (Å²) in [6.45, 7) is 1.94. The van der Waals surface area contributed by atoms with Crippen molar-refractivity contribution in [2.75, 3.05) is 5.43 Å². The van der Waals surface area contributed by atoms with Gasteiger partial charge in [-0.3, -0.25) is 5.43 Å². The summed E-state index contributed by atoms with van der Waals surface area (Å²) in [7, 11) is 0. The summed E-state index contributed by atoms with van der Waals surface area (Å²) in [5.74, 6) is 0.714. The van der Waals surface area contributed by atoms with E-state index in [-0.39, 0.29) is 0 Å². The molecule has 1 N–H and O–H groups in total. The molecule has 0 atom stereocenters. The molecule has 2 aromatic rings. The monoisotopic (exact) mass is 207 g/mol. The highest BCUT2D eigenvalue weighted by Crippen LogP contribution is 2.13. The van der Waals surface area contributed by atoms with E-state index in [0.29, 0.717) is 5.76 Å². The molecule has 0 spiro atoms. The van der Waals surface area contributed by atoms with Gasteiger partial charge in [-0.05, 0) is 19.1 Å². The summed E-state index contributed by atoms with van der Waals surface area (Å²) in [4.78, 5) is 4.19. The molecule has 0 aliphatic rings. The minimum Gasteiger partial charge on any atom is -0.463 e. The van der Waals surface area contributed by atoms with E-state index in [4.69, 9.17) is 4.42 Å². The Hall–Kier alpha value is -1.62. The largest absolute Gasteiger partial charge is 0.463 e. The van der Waals surface area contributed by atoms with Gasteiger partial charge in [0.15, 0.2) is 0 Å². The fourth-order valence-corrected chi connectivity index (χ4v) is 1.56. The molecule has 2 heterocycles. The van der Waals surface area contributed by atoms with Gasteiger partial charge in [-0.25, -0.2) is 4.98 Å². The van der Waals surface area contributed by atoms with Gasteiger partial charge in [0.2, 0.25) is 5.13 Å². The molecule has 2 aromatic heterocycles. The Balaban J connectivity index is 1.94. The number of anilines is 1. The molecule has 0 saturated heterocycles. The van der Waals surface area contributed by atoms with Crippen LogP contribution in [-0.2, 0) is 0 Å². The molecule has 0 aliphatic carbocycles. The van der Waals surface area contributed by atoms with Gasteiger partial charge in [0, 0.05) is 5.38 Å². The van der Waals surface area contributed by atoms with Gasteiger partial charge in [-0.2, -0.15) is 5.10 Å².